The molecule has 0 saturated heterocycles. The van der Waals surface area contributed by atoms with Gasteiger partial charge in [-0.1, -0.05) is 0 Å². The number of aliphatic hydroxyl groups is 1. The fourth-order valence-corrected chi connectivity index (χ4v) is 1.88. The summed E-state index contributed by atoms with van der Waals surface area (Å²) in [5, 5.41) is 29.4. The van der Waals surface area contributed by atoms with Gasteiger partial charge in [0, 0.05) is 17.2 Å². The summed E-state index contributed by atoms with van der Waals surface area (Å²) in [6.07, 6.45) is 1.05. The number of β-amino-alcohol motifs (C(OH)–C–C–N with tert-alkyl or cyclic N) is 1. The summed E-state index contributed by atoms with van der Waals surface area (Å²) >= 11 is 0. The largest absolute Gasteiger partial charge is 0.491 e. The number of imide groups is 1. The Balaban J connectivity index is 2.20. The fraction of sp³-hybridized carbons (Fsp3) is 0.167. The van der Waals surface area contributed by atoms with Gasteiger partial charge in [-0.25, -0.2) is 4.39 Å². The molecule has 0 radical (unpaired) electrons. The van der Waals surface area contributed by atoms with Gasteiger partial charge in [0.25, 0.3) is 11.8 Å². The van der Waals surface area contributed by atoms with Crippen LogP contribution >= 0.6 is 0 Å². The lowest BCUT2D eigenvalue weighted by Gasteiger charge is -2.13. The molecular formula is C12H12BFN2O5. The van der Waals surface area contributed by atoms with Gasteiger partial charge >= 0.3 is 7.12 Å². The van der Waals surface area contributed by atoms with Crippen LogP contribution in [0, 0.1) is 5.82 Å². The summed E-state index contributed by atoms with van der Waals surface area (Å²) in [4.78, 5) is 24.3. The van der Waals surface area contributed by atoms with Crippen LogP contribution in [0.2, 0.25) is 0 Å². The van der Waals surface area contributed by atoms with Crippen molar-refractivity contribution in [2.75, 3.05) is 18.5 Å². The van der Waals surface area contributed by atoms with Crippen LogP contribution in [-0.2, 0) is 9.59 Å². The van der Waals surface area contributed by atoms with E-state index >= 15 is 0 Å². The van der Waals surface area contributed by atoms with E-state index in [2.05, 4.69) is 5.32 Å². The first-order chi connectivity index (χ1) is 9.93. The normalized spacial score (nSPS) is 14.5. The number of halogens is 1. The molecule has 0 saturated carbocycles. The van der Waals surface area contributed by atoms with Gasteiger partial charge in [0.05, 0.1) is 13.2 Å². The molecule has 0 spiro atoms. The van der Waals surface area contributed by atoms with E-state index in [1.165, 1.54) is 6.07 Å². The minimum absolute atomic E-state index is 0.0431. The predicted octanol–water partition coefficient (Wildman–Crippen LogP) is -1.84. The highest BCUT2D eigenvalue weighted by Crippen LogP contribution is 2.16. The van der Waals surface area contributed by atoms with Crippen molar-refractivity contribution in [1.29, 1.82) is 0 Å². The summed E-state index contributed by atoms with van der Waals surface area (Å²) in [6, 6.07) is 3.41. The van der Waals surface area contributed by atoms with E-state index in [0.29, 0.717) is 0 Å². The summed E-state index contributed by atoms with van der Waals surface area (Å²) < 4.78 is 13.3. The van der Waals surface area contributed by atoms with E-state index in [-0.39, 0.29) is 30.0 Å². The molecule has 0 bridgehead atoms. The third-order valence-electron chi connectivity index (χ3n) is 2.89. The second-order valence-electron chi connectivity index (χ2n) is 4.31. The standard InChI is InChI=1S/C12H12BFN2O5/c14-9-2-1-7(5-8(9)13(20)21)15-10-6-11(18)16(3-4-17)12(10)19/h1-2,5-6,15,17,20-21H,3-4H2. The molecule has 1 heterocycles. The van der Waals surface area contributed by atoms with Gasteiger partial charge in [0.2, 0.25) is 0 Å². The van der Waals surface area contributed by atoms with E-state index in [1.807, 2.05) is 0 Å². The molecule has 4 N–H and O–H groups in total. The molecule has 0 atom stereocenters. The van der Waals surface area contributed by atoms with E-state index in [4.69, 9.17) is 15.2 Å². The van der Waals surface area contributed by atoms with Gasteiger partial charge in [-0.05, 0) is 18.2 Å². The number of nitrogens with zero attached hydrogens (tertiary/aromatic N) is 1. The SMILES string of the molecule is O=C1C=C(Nc2ccc(F)c(B(O)O)c2)C(=O)N1CCO. The van der Waals surface area contributed by atoms with Crippen molar-refractivity contribution in [3.63, 3.8) is 0 Å². The van der Waals surface area contributed by atoms with Crippen molar-refractivity contribution in [2.24, 2.45) is 0 Å². The summed E-state index contributed by atoms with van der Waals surface area (Å²) in [6.45, 7) is -0.473. The maximum Gasteiger partial charge on any atom is 0.491 e. The first-order valence-corrected chi connectivity index (χ1v) is 6.05. The lowest BCUT2D eigenvalue weighted by Crippen LogP contribution is -2.35. The molecule has 1 aliphatic heterocycles. The number of aliphatic hydroxyl groups excluding tert-OH is 1. The van der Waals surface area contributed by atoms with Gasteiger partial charge in [0.15, 0.2) is 0 Å². The van der Waals surface area contributed by atoms with Crippen LogP contribution in [0.25, 0.3) is 0 Å². The molecule has 0 aliphatic carbocycles. The zero-order valence-electron chi connectivity index (χ0n) is 10.8. The third kappa shape index (κ3) is 3.10. The lowest BCUT2D eigenvalue weighted by molar-refractivity contribution is -0.137. The summed E-state index contributed by atoms with van der Waals surface area (Å²) in [5.74, 6) is -1.99. The van der Waals surface area contributed by atoms with Crippen LogP contribution in [0.15, 0.2) is 30.0 Å². The molecule has 2 amide bonds. The van der Waals surface area contributed by atoms with Gasteiger partial charge in [0.1, 0.15) is 11.5 Å². The van der Waals surface area contributed by atoms with Crippen molar-refractivity contribution >= 4 is 30.1 Å². The highest BCUT2D eigenvalue weighted by atomic mass is 19.1. The molecule has 7 nitrogen and oxygen atoms in total. The second-order valence-corrected chi connectivity index (χ2v) is 4.31. The molecule has 110 valence electrons. The monoisotopic (exact) mass is 294 g/mol. The molecule has 1 aromatic carbocycles. The van der Waals surface area contributed by atoms with Crippen LogP contribution in [0.1, 0.15) is 0 Å². The minimum atomic E-state index is -1.99. The van der Waals surface area contributed by atoms with Crippen molar-refractivity contribution in [1.82, 2.24) is 4.90 Å². The quantitative estimate of drug-likeness (QED) is 0.375. The molecule has 21 heavy (non-hydrogen) atoms. The molecule has 1 aromatic rings. The highest BCUT2D eigenvalue weighted by Gasteiger charge is 2.30. The first kappa shape index (κ1) is 15.2. The Morgan fingerprint density at radius 2 is 2.00 bits per heavy atom. The fourth-order valence-electron chi connectivity index (χ4n) is 1.88. The number of hydrogen-bond acceptors (Lipinski definition) is 6. The molecule has 1 aliphatic rings. The maximum absolute atomic E-state index is 13.3. The van der Waals surface area contributed by atoms with Crippen LogP contribution in [0.3, 0.4) is 0 Å². The molecule has 9 heteroatoms. The topological polar surface area (TPSA) is 110 Å². The number of anilines is 1. The Morgan fingerprint density at radius 1 is 1.29 bits per heavy atom. The number of carbonyl (C=O) groups excluding carboxylic acids is 2. The zero-order valence-corrected chi connectivity index (χ0v) is 10.8. The molecule has 0 fully saturated rings. The Hall–Kier alpha value is -2.23. The smallest absolute Gasteiger partial charge is 0.423 e. The Morgan fingerprint density at radius 3 is 2.62 bits per heavy atom. The Bertz CT molecular complexity index is 620. The van der Waals surface area contributed by atoms with Crippen LogP contribution in [0.4, 0.5) is 10.1 Å². The number of benzene rings is 1. The number of hydrogen-bond donors (Lipinski definition) is 4. The Labute approximate surface area is 119 Å². The zero-order chi connectivity index (χ0) is 15.6. The van der Waals surface area contributed by atoms with Crippen molar-refractivity contribution in [2.45, 2.75) is 0 Å². The molecule has 0 aromatic heterocycles. The van der Waals surface area contributed by atoms with Gasteiger partial charge < -0.3 is 20.5 Å². The number of rotatable bonds is 5. The van der Waals surface area contributed by atoms with Gasteiger partial charge in [-0.2, -0.15) is 0 Å². The van der Waals surface area contributed by atoms with Crippen LogP contribution in [0.5, 0.6) is 0 Å². The number of amides is 2. The number of carbonyl (C=O) groups is 2. The minimum Gasteiger partial charge on any atom is -0.423 e. The lowest BCUT2D eigenvalue weighted by atomic mass is 9.79. The van der Waals surface area contributed by atoms with Crippen molar-refractivity contribution in [3.8, 4) is 0 Å². The molecule has 0 unspecified atom stereocenters. The Kier molecular flexibility index (Phi) is 4.36. The van der Waals surface area contributed by atoms with E-state index in [1.54, 1.807) is 0 Å². The van der Waals surface area contributed by atoms with Crippen LogP contribution in [-0.4, -0.2) is 52.1 Å². The van der Waals surface area contributed by atoms with E-state index < -0.39 is 24.7 Å². The average Bonchev–Trinajstić information content (AvgIpc) is 2.69. The average molecular weight is 294 g/mol. The first-order valence-electron chi connectivity index (χ1n) is 6.05. The third-order valence-corrected chi connectivity index (χ3v) is 2.89. The molecular weight excluding hydrogens is 282 g/mol. The van der Waals surface area contributed by atoms with Crippen molar-refractivity contribution in [3.05, 3.63) is 35.8 Å². The van der Waals surface area contributed by atoms with Crippen molar-refractivity contribution < 1.29 is 29.1 Å². The molecule has 2 rings (SSSR count). The van der Waals surface area contributed by atoms with Gasteiger partial charge in [-0.3, -0.25) is 14.5 Å². The number of nitrogens with one attached hydrogen (secondary N) is 1. The van der Waals surface area contributed by atoms with E-state index in [0.717, 1.165) is 23.1 Å². The summed E-state index contributed by atoms with van der Waals surface area (Å²) in [7, 11) is -1.99. The highest BCUT2D eigenvalue weighted by molar-refractivity contribution is 6.58. The second kappa shape index (κ2) is 6.04. The van der Waals surface area contributed by atoms with Crippen LogP contribution < -0.4 is 10.8 Å². The van der Waals surface area contributed by atoms with E-state index in [9.17, 15) is 14.0 Å². The summed E-state index contributed by atoms with van der Waals surface area (Å²) in [5.41, 5.74) is -0.180. The predicted molar refractivity (Wildman–Crippen MR) is 71.7 cm³/mol. The van der Waals surface area contributed by atoms with Gasteiger partial charge in [-0.15, -0.1) is 0 Å². The maximum atomic E-state index is 13.3.